The summed E-state index contributed by atoms with van der Waals surface area (Å²) in [5, 5.41) is 8.17. The van der Waals surface area contributed by atoms with Crippen LogP contribution in [-0.4, -0.2) is 36.8 Å². The van der Waals surface area contributed by atoms with Crippen molar-refractivity contribution in [3.63, 3.8) is 0 Å². The second-order valence-electron chi connectivity index (χ2n) is 7.58. The molecule has 0 aliphatic carbocycles. The summed E-state index contributed by atoms with van der Waals surface area (Å²) in [4.78, 5) is 24.8. The Balaban J connectivity index is 1.19. The molecule has 2 aliphatic rings. The Morgan fingerprint density at radius 2 is 1.09 bits per heavy atom. The molecule has 0 fully saturated rings. The summed E-state index contributed by atoms with van der Waals surface area (Å²) in [7, 11) is 0. The lowest BCUT2D eigenvalue weighted by Gasteiger charge is -2.04. The van der Waals surface area contributed by atoms with Gasteiger partial charge in [0.2, 0.25) is 13.6 Å². The van der Waals surface area contributed by atoms with Gasteiger partial charge >= 0.3 is 11.8 Å². The predicted molar refractivity (Wildman–Crippen MR) is 123 cm³/mol. The fourth-order valence-electron chi connectivity index (χ4n) is 3.33. The van der Waals surface area contributed by atoms with Crippen molar-refractivity contribution in [2.24, 2.45) is 10.2 Å². The number of carbonyl (C=O) groups excluding carboxylic acids is 2. The Labute approximate surface area is 199 Å². The minimum absolute atomic E-state index is 0.0751. The Morgan fingerprint density at radius 3 is 1.54 bits per heavy atom. The highest BCUT2D eigenvalue weighted by Crippen LogP contribution is 2.33. The first-order chi connectivity index (χ1) is 17.0. The minimum Gasteiger partial charge on any atom is -0.454 e. The SMILES string of the molecule is CC(=NNC(=O)c1ccc(C(=O)NN=C(C)c2ccc3c(c2)OCO3)o1)c1ccc2c(c1)OCO2. The predicted octanol–water partition coefficient (Wildman–Crippen LogP) is 3.05. The van der Waals surface area contributed by atoms with Crippen molar-refractivity contribution in [2.45, 2.75) is 13.8 Å². The van der Waals surface area contributed by atoms with Crippen LogP contribution in [0.5, 0.6) is 23.0 Å². The van der Waals surface area contributed by atoms with Gasteiger partial charge in [-0.2, -0.15) is 10.2 Å². The van der Waals surface area contributed by atoms with Gasteiger partial charge in [-0.1, -0.05) is 0 Å². The molecule has 0 saturated carbocycles. The van der Waals surface area contributed by atoms with E-state index in [2.05, 4.69) is 21.1 Å². The summed E-state index contributed by atoms with van der Waals surface area (Å²) >= 11 is 0. The maximum Gasteiger partial charge on any atom is 0.307 e. The van der Waals surface area contributed by atoms with Crippen LogP contribution < -0.4 is 29.8 Å². The van der Waals surface area contributed by atoms with Crippen molar-refractivity contribution in [3.05, 3.63) is 71.2 Å². The number of fused-ring (bicyclic) bond motifs is 2. The molecule has 5 rings (SSSR count). The molecule has 35 heavy (non-hydrogen) atoms. The van der Waals surface area contributed by atoms with Crippen LogP contribution in [0.2, 0.25) is 0 Å². The van der Waals surface area contributed by atoms with E-state index < -0.39 is 11.8 Å². The van der Waals surface area contributed by atoms with Crippen molar-refractivity contribution >= 4 is 23.2 Å². The van der Waals surface area contributed by atoms with Crippen LogP contribution in [0.15, 0.2) is 63.2 Å². The zero-order valence-corrected chi connectivity index (χ0v) is 18.8. The number of benzene rings is 2. The number of hydrogen-bond acceptors (Lipinski definition) is 9. The second-order valence-corrected chi connectivity index (χ2v) is 7.58. The summed E-state index contributed by atoms with van der Waals surface area (Å²) in [5.74, 6) is 1.17. The molecule has 11 nitrogen and oxygen atoms in total. The second kappa shape index (κ2) is 9.21. The molecular formula is C24H20N4O7. The molecule has 178 valence electrons. The molecule has 3 heterocycles. The van der Waals surface area contributed by atoms with Gasteiger partial charge in [-0.05, 0) is 62.4 Å². The lowest BCUT2D eigenvalue weighted by atomic mass is 10.1. The van der Waals surface area contributed by atoms with E-state index in [9.17, 15) is 9.59 Å². The summed E-state index contributed by atoms with van der Waals surface area (Å²) in [6.45, 7) is 3.81. The Morgan fingerprint density at radius 1 is 0.657 bits per heavy atom. The van der Waals surface area contributed by atoms with Crippen LogP contribution in [0.4, 0.5) is 0 Å². The van der Waals surface area contributed by atoms with E-state index in [1.807, 2.05) is 0 Å². The van der Waals surface area contributed by atoms with E-state index in [1.165, 1.54) is 12.1 Å². The number of furan rings is 1. The fourth-order valence-corrected chi connectivity index (χ4v) is 3.33. The molecule has 0 atom stereocenters. The van der Waals surface area contributed by atoms with Gasteiger partial charge < -0.3 is 23.4 Å². The average Bonchev–Trinajstić information content (AvgIpc) is 3.64. The first-order valence-corrected chi connectivity index (χ1v) is 10.6. The highest BCUT2D eigenvalue weighted by molar-refractivity contribution is 6.02. The number of nitrogens with zero attached hydrogens (tertiary/aromatic N) is 2. The molecule has 0 radical (unpaired) electrons. The number of hydrogen-bond donors (Lipinski definition) is 2. The maximum absolute atomic E-state index is 12.4. The molecule has 3 aromatic rings. The monoisotopic (exact) mass is 476 g/mol. The van der Waals surface area contributed by atoms with Gasteiger partial charge in [-0.15, -0.1) is 0 Å². The standard InChI is InChI=1S/C24H20N4O7/c1-13(15-3-5-17-21(9-15)33-11-31-17)25-27-23(29)19-7-8-20(35-19)24(30)28-26-14(2)16-4-6-18-22(10-16)34-12-32-18/h3-10H,11-12H2,1-2H3,(H,27,29)(H,28,30). The molecule has 2 aromatic carbocycles. The van der Waals surface area contributed by atoms with E-state index in [4.69, 9.17) is 23.4 Å². The summed E-state index contributed by atoms with van der Waals surface area (Å²) in [5.41, 5.74) is 7.43. The molecule has 1 aromatic heterocycles. The normalized spacial score (nSPS) is 14.1. The topological polar surface area (TPSA) is 133 Å². The van der Waals surface area contributed by atoms with Crippen LogP contribution in [0, 0.1) is 0 Å². The van der Waals surface area contributed by atoms with Gasteiger partial charge in [0.05, 0.1) is 11.4 Å². The van der Waals surface area contributed by atoms with Crippen molar-refractivity contribution in [1.29, 1.82) is 0 Å². The first-order valence-electron chi connectivity index (χ1n) is 10.6. The van der Waals surface area contributed by atoms with E-state index in [1.54, 1.807) is 50.2 Å². The molecular weight excluding hydrogens is 456 g/mol. The molecule has 0 spiro atoms. The third kappa shape index (κ3) is 4.64. The average molecular weight is 476 g/mol. The Hall–Kier alpha value is -4.80. The number of ether oxygens (including phenoxy) is 4. The molecule has 0 unspecified atom stereocenters. The quantitative estimate of drug-likeness (QED) is 0.413. The van der Waals surface area contributed by atoms with E-state index in [0.717, 1.165) is 11.1 Å². The molecule has 2 aliphatic heterocycles. The third-order valence-electron chi connectivity index (χ3n) is 5.28. The fraction of sp³-hybridized carbons (Fsp3) is 0.167. The highest BCUT2D eigenvalue weighted by atomic mass is 16.7. The van der Waals surface area contributed by atoms with Gasteiger partial charge in [0, 0.05) is 11.1 Å². The number of hydrazone groups is 2. The van der Waals surface area contributed by atoms with E-state index >= 15 is 0 Å². The molecule has 0 bridgehead atoms. The number of carbonyl (C=O) groups is 2. The summed E-state index contributed by atoms with van der Waals surface area (Å²) < 4.78 is 26.6. The van der Waals surface area contributed by atoms with Crippen molar-refractivity contribution in [2.75, 3.05) is 13.6 Å². The number of nitrogens with one attached hydrogen (secondary N) is 2. The van der Waals surface area contributed by atoms with Crippen LogP contribution in [0.25, 0.3) is 0 Å². The number of amides is 2. The van der Waals surface area contributed by atoms with E-state index in [0.29, 0.717) is 34.4 Å². The van der Waals surface area contributed by atoms with Gasteiger partial charge in [-0.3, -0.25) is 9.59 Å². The first kappa shape index (κ1) is 22.0. The van der Waals surface area contributed by atoms with Crippen molar-refractivity contribution in [3.8, 4) is 23.0 Å². The lowest BCUT2D eigenvalue weighted by molar-refractivity contribution is 0.0902. The molecule has 11 heteroatoms. The van der Waals surface area contributed by atoms with Crippen molar-refractivity contribution < 1.29 is 33.0 Å². The molecule has 2 amide bonds. The van der Waals surface area contributed by atoms with Gasteiger partial charge in [0.25, 0.3) is 0 Å². The highest BCUT2D eigenvalue weighted by Gasteiger charge is 2.18. The Kier molecular flexibility index (Phi) is 5.80. The van der Waals surface area contributed by atoms with Gasteiger partial charge in [0.1, 0.15) is 0 Å². The zero-order chi connectivity index (χ0) is 24.4. The van der Waals surface area contributed by atoms with Crippen LogP contribution in [-0.2, 0) is 0 Å². The van der Waals surface area contributed by atoms with Gasteiger partial charge in [0.15, 0.2) is 34.5 Å². The maximum atomic E-state index is 12.4. The van der Waals surface area contributed by atoms with Gasteiger partial charge in [-0.25, -0.2) is 10.9 Å². The van der Waals surface area contributed by atoms with Crippen molar-refractivity contribution in [1.82, 2.24) is 10.9 Å². The van der Waals surface area contributed by atoms with Crippen LogP contribution in [0.3, 0.4) is 0 Å². The molecule has 2 N–H and O–H groups in total. The summed E-state index contributed by atoms with van der Waals surface area (Å²) in [6, 6.07) is 13.5. The Bertz CT molecular complexity index is 1270. The minimum atomic E-state index is -0.607. The number of rotatable bonds is 6. The van der Waals surface area contributed by atoms with E-state index in [-0.39, 0.29) is 25.1 Å². The smallest absolute Gasteiger partial charge is 0.307 e. The molecule has 0 saturated heterocycles. The van der Waals surface area contributed by atoms with Crippen LogP contribution >= 0.6 is 0 Å². The summed E-state index contributed by atoms with van der Waals surface area (Å²) in [6.07, 6.45) is 0. The lowest BCUT2D eigenvalue weighted by Crippen LogP contribution is -2.20. The van der Waals surface area contributed by atoms with Crippen LogP contribution in [0.1, 0.15) is 46.1 Å². The zero-order valence-electron chi connectivity index (χ0n) is 18.8. The third-order valence-corrected chi connectivity index (χ3v) is 5.28. The largest absolute Gasteiger partial charge is 0.454 e.